The summed E-state index contributed by atoms with van der Waals surface area (Å²) in [7, 11) is -4.75. The van der Waals surface area contributed by atoms with Crippen LogP contribution < -0.4 is 45.8 Å². The molecule has 19 aromatic rings. The van der Waals surface area contributed by atoms with Crippen LogP contribution in [0.1, 0.15) is 0 Å². The van der Waals surface area contributed by atoms with Crippen LogP contribution >= 0.6 is 22.7 Å². The van der Waals surface area contributed by atoms with Crippen molar-refractivity contribution in [3.63, 3.8) is 0 Å². The molecule has 0 saturated carbocycles. The van der Waals surface area contributed by atoms with E-state index in [0.717, 1.165) is 17.1 Å². The maximum atomic E-state index is 2.51. The molecule has 16 aromatic carbocycles. The summed E-state index contributed by atoms with van der Waals surface area (Å²) in [5.41, 5.74) is 24.2. The van der Waals surface area contributed by atoms with Gasteiger partial charge in [0, 0.05) is 82.1 Å². The smallest absolute Gasteiger partial charge is 0.184 e. The zero-order valence-corrected chi connectivity index (χ0v) is 64.5. The molecule has 110 heavy (non-hydrogen) atoms. The van der Waals surface area contributed by atoms with Gasteiger partial charge in [-0.1, -0.05) is 316 Å². The van der Waals surface area contributed by atoms with Crippen LogP contribution in [0.4, 0.5) is 51.2 Å². The lowest BCUT2D eigenvalue weighted by Crippen LogP contribution is -2.77. The van der Waals surface area contributed by atoms with E-state index >= 15 is 0 Å². The summed E-state index contributed by atoms with van der Waals surface area (Å²) in [6.45, 7) is 4.98. The van der Waals surface area contributed by atoms with Gasteiger partial charge in [-0.3, -0.25) is 0 Å². The summed E-state index contributed by atoms with van der Waals surface area (Å²) in [6, 6.07) is 150. The van der Waals surface area contributed by atoms with Gasteiger partial charge in [-0.05, 0) is 179 Å². The van der Waals surface area contributed by atoms with Gasteiger partial charge in [0.2, 0.25) is 0 Å². The van der Waals surface area contributed by atoms with Crippen molar-refractivity contribution in [2.45, 2.75) is 13.1 Å². The first-order valence-electron chi connectivity index (χ1n) is 37.8. The molecule has 0 amide bonds. The second-order valence-electron chi connectivity index (χ2n) is 29.1. The predicted molar refractivity (Wildman–Crippen MR) is 478 cm³/mol. The van der Waals surface area contributed by atoms with Gasteiger partial charge < -0.3 is 19.3 Å². The molecule has 0 aliphatic carbocycles. The molecule has 2 aliphatic heterocycles. The number of rotatable bonds is 12. The van der Waals surface area contributed by atoms with E-state index in [0.29, 0.717) is 0 Å². The first-order valence-corrected chi connectivity index (χ1v) is 44.5. The Labute approximate surface area is 651 Å². The molecule has 5 heterocycles. The van der Waals surface area contributed by atoms with Crippen LogP contribution in [-0.4, -0.2) is 20.7 Å². The van der Waals surface area contributed by atoms with Gasteiger partial charge in [-0.15, -0.1) is 22.7 Å². The number of para-hydroxylation sites is 4. The molecule has 0 bridgehead atoms. The number of nitrogens with zero attached hydrogens (tertiary/aromatic N) is 4. The number of anilines is 9. The summed E-state index contributed by atoms with van der Waals surface area (Å²) in [5, 5.41) is 14.6. The molecule has 8 heteroatoms. The Morgan fingerprint density at radius 2 is 0.664 bits per heavy atom. The molecule has 3 aromatic heterocycles. The van der Waals surface area contributed by atoms with Gasteiger partial charge in [0.15, 0.2) is 8.07 Å². The third-order valence-corrected chi connectivity index (χ3v) is 33.2. The molecule has 0 radical (unpaired) electrons. The van der Waals surface area contributed by atoms with Crippen molar-refractivity contribution in [2.75, 3.05) is 14.7 Å². The zero-order chi connectivity index (χ0) is 73.3. The van der Waals surface area contributed by atoms with Crippen molar-refractivity contribution in [3.05, 3.63) is 412 Å². The summed E-state index contributed by atoms with van der Waals surface area (Å²) < 4.78 is 6.41. The van der Waals surface area contributed by atoms with Crippen LogP contribution in [0.15, 0.2) is 412 Å². The van der Waals surface area contributed by atoms with E-state index in [9.17, 15) is 0 Å². The van der Waals surface area contributed by atoms with Crippen LogP contribution in [-0.2, 0) is 0 Å². The quantitative estimate of drug-likeness (QED) is 0.113. The minimum absolute atomic E-state index is 1.13. The van der Waals surface area contributed by atoms with Crippen molar-refractivity contribution in [3.8, 4) is 50.2 Å². The third kappa shape index (κ3) is 11.3. The number of fused-ring (bicyclic) bond motifs is 10. The second kappa shape index (κ2) is 27.7. The Morgan fingerprint density at radius 1 is 0.282 bits per heavy atom. The number of thiophene rings is 2. The van der Waals surface area contributed by atoms with Gasteiger partial charge in [-0.2, -0.15) is 0 Å². The average Bonchev–Trinajstić information content (AvgIpc) is 0.935. The Balaban J connectivity index is 0.000000146. The van der Waals surface area contributed by atoms with Crippen LogP contribution in [0, 0.1) is 0 Å². The van der Waals surface area contributed by atoms with E-state index in [1.807, 2.05) is 11.3 Å². The summed E-state index contributed by atoms with van der Waals surface area (Å²) >= 11 is 3.68. The van der Waals surface area contributed by atoms with E-state index in [1.54, 1.807) is 11.3 Å². The highest BCUT2D eigenvalue weighted by atomic mass is 32.1. The highest BCUT2D eigenvalue weighted by Crippen LogP contribution is 2.47. The predicted octanol–water partition coefficient (Wildman–Crippen LogP) is 24.8. The molecule has 0 unspecified atom stereocenters. The van der Waals surface area contributed by atoms with Gasteiger partial charge in [0.05, 0.1) is 21.4 Å². The van der Waals surface area contributed by atoms with E-state index in [2.05, 4.69) is 444 Å². The lowest BCUT2D eigenvalue weighted by molar-refractivity contribution is 1.19. The van der Waals surface area contributed by atoms with Crippen molar-refractivity contribution in [1.82, 2.24) is 4.57 Å². The molecule has 0 spiro atoms. The summed E-state index contributed by atoms with van der Waals surface area (Å²) in [4.78, 5) is 7.38. The largest absolute Gasteiger partial charge is 0.311 e. The Kier molecular flexibility index (Phi) is 16.7. The van der Waals surface area contributed by atoms with Crippen LogP contribution in [0.2, 0.25) is 13.1 Å². The molecule has 0 N–H and O–H groups in total. The Bertz CT molecular complexity index is 6550. The molecule has 0 saturated heterocycles. The molecule has 0 fully saturated rings. The third-order valence-electron chi connectivity index (χ3n) is 22.6. The molecule has 21 rings (SSSR count). The van der Waals surface area contributed by atoms with E-state index in [4.69, 9.17) is 0 Å². The molecule has 2 aliphatic rings. The Morgan fingerprint density at radius 3 is 1.25 bits per heavy atom. The van der Waals surface area contributed by atoms with Crippen molar-refractivity contribution < 1.29 is 0 Å². The highest BCUT2D eigenvalue weighted by molar-refractivity contribution is 7.26. The second-order valence-corrected chi connectivity index (χ2v) is 39.1. The maximum Gasteiger partial charge on any atom is 0.184 e. The maximum absolute atomic E-state index is 2.80. The number of hydrogen-bond donors (Lipinski definition) is 0. The monoisotopic (exact) mass is 1470 g/mol. The van der Waals surface area contributed by atoms with Crippen molar-refractivity contribution >= 4 is 162 Å². The Hall–Kier alpha value is -12.9. The molecular formula is C102H74N4S2Si2. The van der Waals surface area contributed by atoms with Gasteiger partial charge in [-0.25, -0.2) is 0 Å². The molecule has 522 valence electrons. The molecule has 0 atom stereocenters. The number of aromatic nitrogens is 1. The van der Waals surface area contributed by atoms with E-state index in [1.165, 1.54) is 157 Å². The average molecular weight is 1480 g/mol. The zero-order valence-electron chi connectivity index (χ0n) is 60.9. The highest BCUT2D eigenvalue weighted by Gasteiger charge is 2.49. The molecule has 4 nitrogen and oxygen atoms in total. The summed E-state index contributed by atoms with van der Waals surface area (Å²) in [6.07, 6.45) is 0. The minimum Gasteiger partial charge on any atom is -0.311 e. The fraction of sp³-hybridized carbons (Fsp3) is 0.0196. The van der Waals surface area contributed by atoms with Crippen LogP contribution in [0.3, 0.4) is 0 Å². The van der Waals surface area contributed by atoms with E-state index in [-0.39, 0.29) is 0 Å². The van der Waals surface area contributed by atoms with Gasteiger partial charge >= 0.3 is 0 Å². The standard InChI is InChI=1S/C56H40N2SSi.C46H34N2SSi/c1-5-17-41(18-6-1)42-29-36-47(37-30-42)58-51-26-14-16-28-55(51)60(48-21-9-3-10-22-48,49-23-11-4-12-24-49)56-38-33-44(39-52(56)58)43-31-34-46(35-32-43)57(45-19-7-2-8-20-45)53-40-59-54-27-15-13-25-50(53)54;1-50(2)43-19-11-9-17-40(43)47(35-25-20-32(21-26-35)31-12-4-3-5-13-31)41-30-34(24-29-44(41)50)33-22-27-36(28-23-33)48-39-16-8-6-14-37(39)46-45(48)38-15-7-10-18-42(38)49-46/h1-40H;3-30H,1-2H3. The number of hydrogen-bond acceptors (Lipinski definition) is 5. The minimum atomic E-state index is -2.80. The summed E-state index contributed by atoms with van der Waals surface area (Å²) in [5.74, 6) is 0. The van der Waals surface area contributed by atoms with Gasteiger partial charge in [0.1, 0.15) is 8.07 Å². The van der Waals surface area contributed by atoms with Crippen molar-refractivity contribution in [2.24, 2.45) is 0 Å². The van der Waals surface area contributed by atoms with Crippen LogP contribution in [0.5, 0.6) is 0 Å². The van der Waals surface area contributed by atoms with Gasteiger partial charge in [0.25, 0.3) is 0 Å². The number of benzene rings is 16. The lowest BCUT2D eigenvalue weighted by atomic mass is 10.0. The normalized spacial score (nSPS) is 13.1. The van der Waals surface area contributed by atoms with Crippen LogP contribution in [0.25, 0.3) is 91.5 Å². The fourth-order valence-electron chi connectivity index (χ4n) is 17.4. The SMILES string of the molecule is C[Si]1(C)c2ccccc2N(c2ccc(-c3ccccc3)cc2)c2cc(-c3ccc(-n4c5ccccc5c5sc6ccccc6c54)cc3)ccc21.c1ccc(-c2ccc(N3c4ccccc4[Si](c4ccccc4)(c4ccccc4)c4ccc(-c5ccc(N(c6ccccc6)c6csc7ccccc67)cc5)cc43)cc2)cc1. The first-order chi connectivity index (χ1) is 54.3. The topological polar surface area (TPSA) is 14.7 Å². The first kappa shape index (κ1) is 66.5. The lowest BCUT2D eigenvalue weighted by Gasteiger charge is -2.45. The van der Waals surface area contributed by atoms with Crippen molar-refractivity contribution in [1.29, 1.82) is 0 Å². The van der Waals surface area contributed by atoms with E-state index < -0.39 is 16.1 Å². The molecular weight excluding hydrogens is 1400 g/mol. The fourth-order valence-corrected chi connectivity index (χ4v) is 27.6.